The third kappa shape index (κ3) is 7.39. The van der Waals surface area contributed by atoms with Gasteiger partial charge in [-0.2, -0.15) is 0 Å². The number of nitrogens with zero attached hydrogens (tertiary/aromatic N) is 4. The maximum absolute atomic E-state index is 12.4. The van der Waals surface area contributed by atoms with Crippen LogP contribution < -0.4 is 10.1 Å². The van der Waals surface area contributed by atoms with Crippen molar-refractivity contribution in [2.24, 2.45) is 10.9 Å². The number of amides is 1. The molecule has 1 aromatic heterocycles. The molecular weight excluding hydrogens is 382 g/mol. The Morgan fingerprint density at radius 1 is 1.33 bits per heavy atom. The van der Waals surface area contributed by atoms with Crippen LogP contribution in [0.15, 0.2) is 23.3 Å². The minimum absolute atomic E-state index is 0.224. The summed E-state index contributed by atoms with van der Waals surface area (Å²) in [6.07, 6.45) is 3.62. The molecule has 2 rings (SSSR count). The van der Waals surface area contributed by atoms with E-state index in [0.717, 1.165) is 44.0 Å². The molecule has 0 atom stereocenters. The van der Waals surface area contributed by atoms with E-state index in [1.807, 2.05) is 51.8 Å². The van der Waals surface area contributed by atoms with Crippen LogP contribution in [-0.2, 0) is 11.3 Å². The number of carbonyl (C=O) groups is 1. The summed E-state index contributed by atoms with van der Waals surface area (Å²) in [5, 5.41) is 3.41. The summed E-state index contributed by atoms with van der Waals surface area (Å²) in [6.45, 7) is 11.6. The number of nitrogens with one attached hydrogen (secondary N) is 1. The zero-order chi connectivity index (χ0) is 22.1. The smallest absolute Gasteiger partial charge is 0.410 e. The Labute approximate surface area is 180 Å². The highest BCUT2D eigenvalue weighted by molar-refractivity contribution is 5.80. The van der Waals surface area contributed by atoms with Gasteiger partial charge in [0.05, 0.1) is 7.11 Å². The highest BCUT2D eigenvalue weighted by Gasteiger charge is 2.27. The number of methoxy groups -OCH3 is 1. The number of guanidine groups is 1. The molecule has 168 valence electrons. The zero-order valence-corrected chi connectivity index (χ0v) is 19.3. The van der Waals surface area contributed by atoms with Gasteiger partial charge in [0, 0.05) is 52.0 Å². The Balaban J connectivity index is 1.81. The van der Waals surface area contributed by atoms with E-state index in [1.54, 1.807) is 13.3 Å². The number of aliphatic imine (C=N–C) groups is 1. The third-order valence-electron chi connectivity index (χ3n) is 5.10. The first kappa shape index (κ1) is 23.8. The van der Waals surface area contributed by atoms with Gasteiger partial charge in [0.25, 0.3) is 0 Å². The topological polar surface area (TPSA) is 79.3 Å². The SMILES string of the molecule is CCN(CC1CCN(C(=NC)NCc2ccc(OC)nc2)CC1)C(=O)OC(C)(C)C. The van der Waals surface area contributed by atoms with Gasteiger partial charge < -0.3 is 24.6 Å². The molecule has 0 aromatic carbocycles. The Morgan fingerprint density at radius 2 is 2.03 bits per heavy atom. The molecule has 30 heavy (non-hydrogen) atoms. The standard InChI is InChI=1S/C22H37N5O3/c1-7-26(21(28)30-22(2,3)4)16-17-10-12-27(13-11-17)20(23-5)25-15-18-8-9-19(29-6)24-14-18/h8-9,14,17H,7,10-13,15-16H2,1-6H3,(H,23,25). The molecule has 8 heteroatoms. The molecule has 0 saturated carbocycles. The van der Waals surface area contributed by atoms with E-state index in [1.165, 1.54) is 0 Å². The van der Waals surface area contributed by atoms with E-state index in [4.69, 9.17) is 9.47 Å². The number of piperidine rings is 1. The van der Waals surface area contributed by atoms with Crippen LogP contribution in [0, 0.1) is 5.92 Å². The molecule has 0 spiro atoms. The van der Waals surface area contributed by atoms with Crippen molar-refractivity contribution < 1.29 is 14.3 Å². The molecule has 1 N–H and O–H groups in total. The quantitative estimate of drug-likeness (QED) is 0.564. The normalized spacial score (nSPS) is 15.7. The second kappa shape index (κ2) is 11.0. The molecule has 1 fully saturated rings. The molecule has 0 radical (unpaired) electrons. The van der Waals surface area contributed by atoms with Crippen molar-refractivity contribution in [1.82, 2.24) is 20.1 Å². The van der Waals surface area contributed by atoms with E-state index in [2.05, 4.69) is 20.2 Å². The Bertz CT molecular complexity index is 692. The van der Waals surface area contributed by atoms with Crippen LogP contribution in [0.4, 0.5) is 4.79 Å². The van der Waals surface area contributed by atoms with Crippen molar-refractivity contribution in [3.8, 4) is 5.88 Å². The maximum Gasteiger partial charge on any atom is 0.410 e. The van der Waals surface area contributed by atoms with Crippen LogP contribution in [0.1, 0.15) is 46.1 Å². The number of carbonyl (C=O) groups excluding carboxylic acids is 1. The van der Waals surface area contributed by atoms with Crippen LogP contribution in [-0.4, -0.2) is 72.8 Å². The molecule has 1 aliphatic heterocycles. The van der Waals surface area contributed by atoms with E-state index in [9.17, 15) is 4.79 Å². The summed E-state index contributed by atoms with van der Waals surface area (Å²) in [6, 6.07) is 3.85. The first-order valence-corrected chi connectivity index (χ1v) is 10.7. The average Bonchev–Trinajstić information content (AvgIpc) is 2.72. The summed E-state index contributed by atoms with van der Waals surface area (Å²) in [5.74, 6) is 1.97. The number of hydrogen-bond donors (Lipinski definition) is 1. The second-order valence-corrected chi connectivity index (χ2v) is 8.56. The molecule has 2 heterocycles. The van der Waals surface area contributed by atoms with Crippen molar-refractivity contribution in [2.45, 2.75) is 52.7 Å². The summed E-state index contributed by atoms with van der Waals surface area (Å²) >= 11 is 0. The van der Waals surface area contributed by atoms with Gasteiger partial charge in [-0.15, -0.1) is 0 Å². The van der Waals surface area contributed by atoms with E-state index in [-0.39, 0.29) is 6.09 Å². The van der Waals surface area contributed by atoms with Crippen molar-refractivity contribution in [3.05, 3.63) is 23.9 Å². The van der Waals surface area contributed by atoms with Gasteiger partial charge in [0.15, 0.2) is 5.96 Å². The zero-order valence-electron chi connectivity index (χ0n) is 19.3. The minimum Gasteiger partial charge on any atom is -0.481 e. The number of aromatic nitrogens is 1. The molecule has 1 saturated heterocycles. The van der Waals surface area contributed by atoms with Gasteiger partial charge in [-0.3, -0.25) is 4.99 Å². The molecule has 1 aromatic rings. The summed E-state index contributed by atoms with van der Waals surface area (Å²) in [5.41, 5.74) is 0.605. The lowest BCUT2D eigenvalue weighted by atomic mass is 9.96. The van der Waals surface area contributed by atoms with E-state index in [0.29, 0.717) is 24.9 Å². The Morgan fingerprint density at radius 3 is 2.53 bits per heavy atom. The highest BCUT2D eigenvalue weighted by Crippen LogP contribution is 2.20. The summed E-state index contributed by atoms with van der Waals surface area (Å²) in [4.78, 5) is 25.2. The number of rotatable bonds is 6. The third-order valence-corrected chi connectivity index (χ3v) is 5.10. The van der Waals surface area contributed by atoms with Gasteiger partial charge in [-0.1, -0.05) is 6.07 Å². The van der Waals surface area contributed by atoms with Gasteiger partial charge >= 0.3 is 6.09 Å². The highest BCUT2D eigenvalue weighted by atomic mass is 16.6. The molecule has 1 amide bonds. The van der Waals surface area contributed by atoms with Crippen LogP contribution in [0.2, 0.25) is 0 Å². The molecule has 0 unspecified atom stereocenters. The number of likely N-dealkylation sites (tertiary alicyclic amines) is 1. The summed E-state index contributed by atoms with van der Waals surface area (Å²) in [7, 11) is 3.42. The average molecular weight is 420 g/mol. The lowest BCUT2D eigenvalue weighted by molar-refractivity contribution is 0.0214. The largest absolute Gasteiger partial charge is 0.481 e. The molecule has 1 aliphatic rings. The minimum atomic E-state index is -0.467. The van der Waals surface area contributed by atoms with E-state index >= 15 is 0 Å². The van der Waals surface area contributed by atoms with Crippen molar-refractivity contribution in [1.29, 1.82) is 0 Å². The number of pyridine rings is 1. The van der Waals surface area contributed by atoms with Gasteiger partial charge in [0.2, 0.25) is 5.88 Å². The predicted octanol–water partition coefficient (Wildman–Crippen LogP) is 3.13. The lowest BCUT2D eigenvalue weighted by Crippen LogP contribution is -2.47. The number of ether oxygens (including phenoxy) is 2. The fraction of sp³-hybridized carbons (Fsp3) is 0.682. The second-order valence-electron chi connectivity index (χ2n) is 8.56. The van der Waals surface area contributed by atoms with Gasteiger partial charge in [-0.25, -0.2) is 9.78 Å². The van der Waals surface area contributed by atoms with Gasteiger partial charge in [-0.05, 0) is 52.0 Å². The predicted molar refractivity (Wildman–Crippen MR) is 119 cm³/mol. The van der Waals surface area contributed by atoms with Crippen molar-refractivity contribution in [2.75, 3.05) is 40.3 Å². The van der Waals surface area contributed by atoms with Crippen LogP contribution in [0.3, 0.4) is 0 Å². The van der Waals surface area contributed by atoms with Crippen molar-refractivity contribution in [3.63, 3.8) is 0 Å². The number of hydrogen-bond acceptors (Lipinski definition) is 5. The van der Waals surface area contributed by atoms with Crippen LogP contribution >= 0.6 is 0 Å². The van der Waals surface area contributed by atoms with Gasteiger partial charge in [0.1, 0.15) is 5.60 Å². The Kier molecular flexibility index (Phi) is 8.74. The fourth-order valence-corrected chi connectivity index (χ4v) is 3.45. The summed E-state index contributed by atoms with van der Waals surface area (Å²) < 4.78 is 10.6. The first-order chi connectivity index (χ1) is 14.3. The fourth-order valence-electron chi connectivity index (χ4n) is 3.45. The lowest BCUT2D eigenvalue weighted by Gasteiger charge is -2.36. The Hall–Kier alpha value is -2.51. The monoisotopic (exact) mass is 419 g/mol. The molecule has 8 nitrogen and oxygen atoms in total. The van der Waals surface area contributed by atoms with E-state index < -0.39 is 5.60 Å². The van der Waals surface area contributed by atoms with Crippen molar-refractivity contribution >= 4 is 12.1 Å². The maximum atomic E-state index is 12.4. The molecule has 0 aliphatic carbocycles. The first-order valence-electron chi connectivity index (χ1n) is 10.7. The van der Waals surface area contributed by atoms with Crippen LogP contribution in [0.5, 0.6) is 5.88 Å². The van der Waals surface area contributed by atoms with Crippen LogP contribution in [0.25, 0.3) is 0 Å². The molecular formula is C22H37N5O3. The molecule has 0 bridgehead atoms.